The van der Waals surface area contributed by atoms with Crippen LogP contribution in [0.3, 0.4) is 0 Å². The smallest absolute Gasteiger partial charge is 0.337 e. The number of benzene rings is 2. The Balaban J connectivity index is 1.93. The van der Waals surface area contributed by atoms with Crippen molar-refractivity contribution >= 4 is 35.6 Å². The Bertz CT molecular complexity index is 977. The molecule has 4 amide bonds. The van der Waals surface area contributed by atoms with Crippen LogP contribution in [-0.2, 0) is 14.3 Å². The second-order valence-corrected chi connectivity index (χ2v) is 5.77. The number of hydrogen-bond donors (Lipinski definition) is 1. The zero-order chi connectivity index (χ0) is 20.3. The van der Waals surface area contributed by atoms with Gasteiger partial charge in [-0.15, -0.1) is 0 Å². The highest BCUT2D eigenvalue weighted by Gasteiger charge is 2.36. The van der Waals surface area contributed by atoms with Gasteiger partial charge in [0.05, 0.1) is 25.5 Å². The molecule has 1 saturated heterocycles. The SMILES string of the molecule is COC(=O)c1ccc(N2C(=O)NC(=O)/C(=C\c3ccc(OC)cc3)C2=O)cc1. The van der Waals surface area contributed by atoms with Crippen molar-refractivity contribution in [3.05, 3.63) is 65.2 Å². The van der Waals surface area contributed by atoms with Gasteiger partial charge in [-0.3, -0.25) is 14.9 Å². The van der Waals surface area contributed by atoms with Crippen molar-refractivity contribution in [2.24, 2.45) is 0 Å². The number of ether oxygens (including phenoxy) is 2. The van der Waals surface area contributed by atoms with Crippen LogP contribution in [0.4, 0.5) is 10.5 Å². The second kappa shape index (κ2) is 7.75. The van der Waals surface area contributed by atoms with Gasteiger partial charge >= 0.3 is 12.0 Å². The number of barbiturate groups is 1. The van der Waals surface area contributed by atoms with Gasteiger partial charge in [0.1, 0.15) is 11.3 Å². The van der Waals surface area contributed by atoms with E-state index < -0.39 is 23.8 Å². The van der Waals surface area contributed by atoms with Crippen molar-refractivity contribution < 1.29 is 28.7 Å². The number of rotatable bonds is 4. The largest absolute Gasteiger partial charge is 0.497 e. The molecule has 8 heteroatoms. The minimum atomic E-state index is -0.868. The molecule has 8 nitrogen and oxygen atoms in total. The lowest BCUT2D eigenvalue weighted by molar-refractivity contribution is -0.122. The quantitative estimate of drug-likeness (QED) is 0.495. The lowest BCUT2D eigenvalue weighted by Crippen LogP contribution is -2.54. The molecular formula is C20H16N2O6. The highest BCUT2D eigenvalue weighted by atomic mass is 16.5. The van der Waals surface area contributed by atoms with Gasteiger partial charge in [-0.25, -0.2) is 14.5 Å². The van der Waals surface area contributed by atoms with Gasteiger partial charge in [-0.1, -0.05) is 12.1 Å². The third-order valence-corrected chi connectivity index (χ3v) is 4.08. The molecule has 2 aromatic carbocycles. The molecular weight excluding hydrogens is 364 g/mol. The summed E-state index contributed by atoms with van der Waals surface area (Å²) in [6.07, 6.45) is 1.39. The first-order chi connectivity index (χ1) is 13.4. The lowest BCUT2D eigenvalue weighted by Gasteiger charge is -2.26. The molecule has 2 aromatic rings. The molecule has 0 aromatic heterocycles. The van der Waals surface area contributed by atoms with Crippen LogP contribution in [0.5, 0.6) is 5.75 Å². The summed E-state index contributed by atoms with van der Waals surface area (Å²) in [7, 11) is 2.78. The number of esters is 1. The Morgan fingerprint density at radius 3 is 2.18 bits per heavy atom. The number of nitrogens with zero attached hydrogens (tertiary/aromatic N) is 1. The van der Waals surface area contributed by atoms with E-state index in [-0.39, 0.29) is 16.8 Å². The van der Waals surface area contributed by atoms with E-state index in [1.54, 1.807) is 24.3 Å². The van der Waals surface area contributed by atoms with Crippen LogP contribution >= 0.6 is 0 Å². The highest BCUT2D eigenvalue weighted by Crippen LogP contribution is 2.23. The van der Waals surface area contributed by atoms with Crippen LogP contribution in [0.1, 0.15) is 15.9 Å². The third kappa shape index (κ3) is 3.61. The van der Waals surface area contributed by atoms with Crippen molar-refractivity contribution in [2.75, 3.05) is 19.1 Å². The maximum Gasteiger partial charge on any atom is 0.337 e. The molecule has 1 N–H and O–H groups in total. The van der Waals surface area contributed by atoms with E-state index in [9.17, 15) is 19.2 Å². The standard InChI is InChI=1S/C20H16N2O6/c1-27-15-9-3-12(4-10-15)11-16-17(23)21-20(26)22(18(16)24)14-7-5-13(6-8-14)19(25)28-2/h3-11H,1-2H3,(H,21,23,26)/b16-11+. The second-order valence-electron chi connectivity index (χ2n) is 5.77. The molecule has 28 heavy (non-hydrogen) atoms. The Labute approximate surface area is 160 Å². The number of hydrogen-bond acceptors (Lipinski definition) is 6. The summed E-state index contributed by atoms with van der Waals surface area (Å²) in [5.41, 5.74) is 0.876. The summed E-state index contributed by atoms with van der Waals surface area (Å²) in [5.74, 6) is -1.47. The van der Waals surface area contributed by atoms with Gasteiger partial charge in [0, 0.05) is 0 Å². The maximum absolute atomic E-state index is 12.8. The van der Waals surface area contributed by atoms with Gasteiger partial charge in [-0.2, -0.15) is 0 Å². The molecule has 1 aliphatic heterocycles. The molecule has 0 bridgehead atoms. The lowest BCUT2D eigenvalue weighted by atomic mass is 10.1. The van der Waals surface area contributed by atoms with Crippen molar-refractivity contribution in [3.8, 4) is 5.75 Å². The van der Waals surface area contributed by atoms with E-state index in [1.165, 1.54) is 44.6 Å². The van der Waals surface area contributed by atoms with Gasteiger partial charge < -0.3 is 9.47 Å². The average molecular weight is 380 g/mol. The van der Waals surface area contributed by atoms with Gasteiger partial charge in [-0.05, 0) is 48.0 Å². The number of nitrogens with one attached hydrogen (secondary N) is 1. The van der Waals surface area contributed by atoms with Crippen molar-refractivity contribution in [1.82, 2.24) is 5.32 Å². The molecule has 142 valence electrons. The van der Waals surface area contributed by atoms with E-state index in [4.69, 9.17) is 4.74 Å². The van der Waals surface area contributed by atoms with Gasteiger partial charge in [0.25, 0.3) is 11.8 Å². The Kier molecular flexibility index (Phi) is 5.21. The summed E-state index contributed by atoms with van der Waals surface area (Å²) in [4.78, 5) is 49.5. The molecule has 3 rings (SSSR count). The predicted molar refractivity (Wildman–Crippen MR) is 99.8 cm³/mol. The Hall–Kier alpha value is -3.94. The van der Waals surface area contributed by atoms with E-state index in [1.807, 2.05) is 0 Å². The van der Waals surface area contributed by atoms with Crippen LogP contribution in [0.15, 0.2) is 54.1 Å². The fraction of sp³-hybridized carbons (Fsp3) is 0.100. The van der Waals surface area contributed by atoms with E-state index >= 15 is 0 Å². The predicted octanol–water partition coefficient (Wildman–Crippen LogP) is 2.15. The average Bonchev–Trinajstić information content (AvgIpc) is 2.71. The first kappa shape index (κ1) is 18.8. The zero-order valence-electron chi connectivity index (χ0n) is 15.1. The van der Waals surface area contributed by atoms with Crippen LogP contribution < -0.4 is 15.0 Å². The summed E-state index contributed by atoms with van der Waals surface area (Å²) >= 11 is 0. The minimum Gasteiger partial charge on any atom is -0.497 e. The fourth-order valence-electron chi connectivity index (χ4n) is 2.62. The Morgan fingerprint density at radius 1 is 0.964 bits per heavy atom. The highest BCUT2D eigenvalue weighted by molar-refractivity contribution is 6.39. The number of carbonyl (C=O) groups is 4. The molecule has 1 heterocycles. The number of anilines is 1. The van der Waals surface area contributed by atoms with Crippen LogP contribution in [0.25, 0.3) is 6.08 Å². The summed E-state index contributed by atoms with van der Waals surface area (Å²) < 4.78 is 9.69. The number of carbonyl (C=O) groups excluding carboxylic acids is 4. The van der Waals surface area contributed by atoms with Gasteiger partial charge in [0.2, 0.25) is 0 Å². The Morgan fingerprint density at radius 2 is 1.61 bits per heavy atom. The monoisotopic (exact) mass is 380 g/mol. The molecule has 0 atom stereocenters. The molecule has 1 fully saturated rings. The first-order valence-corrected chi connectivity index (χ1v) is 8.18. The molecule has 0 saturated carbocycles. The van der Waals surface area contributed by atoms with E-state index in [0.29, 0.717) is 11.3 Å². The van der Waals surface area contributed by atoms with Gasteiger partial charge in [0.15, 0.2) is 0 Å². The molecule has 0 aliphatic carbocycles. The van der Waals surface area contributed by atoms with Crippen LogP contribution in [0, 0.1) is 0 Å². The number of urea groups is 1. The molecule has 0 spiro atoms. The minimum absolute atomic E-state index is 0.193. The van der Waals surface area contributed by atoms with Crippen molar-refractivity contribution in [3.63, 3.8) is 0 Å². The number of methoxy groups -OCH3 is 2. The van der Waals surface area contributed by atoms with Crippen molar-refractivity contribution in [2.45, 2.75) is 0 Å². The summed E-state index contributed by atoms with van der Waals surface area (Å²) in [6.45, 7) is 0. The molecule has 0 radical (unpaired) electrons. The van der Waals surface area contributed by atoms with Crippen LogP contribution in [0.2, 0.25) is 0 Å². The summed E-state index contributed by atoms with van der Waals surface area (Å²) in [6, 6.07) is 11.5. The first-order valence-electron chi connectivity index (χ1n) is 8.18. The fourth-order valence-corrected chi connectivity index (χ4v) is 2.62. The van der Waals surface area contributed by atoms with E-state index in [2.05, 4.69) is 10.1 Å². The summed E-state index contributed by atoms with van der Waals surface area (Å²) in [5, 5.41) is 2.14. The van der Waals surface area contributed by atoms with E-state index in [0.717, 1.165) is 4.90 Å². The van der Waals surface area contributed by atoms with Crippen LogP contribution in [-0.4, -0.2) is 38.0 Å². The third-order valence-electron chi connectivity index (χ3n) is 4.08. The topological polar surface area (TPSA) is 102 Å². The number of imide groups is 2. The zero-order valence-corrected chi connectivity index (χ0v) is 15.1. The molecule has 1 aliphatic rings. The number of amides is 4. The van der Waals surface area contributed by atoms with Crippen molar-refractivity contribution in [1.29, 1.82) is 0 Å². The molecule has 0 unspecified atom stereocenters. The maximum atomic E-state index is 12.8. The normalized spacial score (nSPS) is 15.4.